The van der Waals surface area contributed by atoms with E-state index in [0.717, 1.165) is 37.3 Å². The maximum absolute atomic E-state index is 12.5. The number of hydrogen-bond donors (Lipinski definition) is 1. The van der Waals surface area contributed by atoms with Crippen LogP contribution in [0, 0.1) is 0 Å². The lowest BCUT2D eigenvalue weighted by Crippen LogP contribution is -2.40. The molecule has 0 bridgehead atoms. The van der Waals surface area contributed by atoms with Crippen LogP contribution < -0.4 is 4.90 Å². The number of para-hydroxylation sites is 1. The predicted molar refractivity (Wildman–Crippen MR) is 88.1 cm³/mol. The van der Waals surface area contributed by atoms with Crippen molar-refractivity contribution < 1.29 is 18.3 Å². The van der Waals surface area contributed by atoms with Crippen LogP contribution in [0.15, 0.2) is 47.6 Å². The highest BCUT2D eigenvalue weighted by molar-refractivity contribution is 7.99. The molecule has 0 aliphatic carbocycles. The molecule has 1 N–H and O–H groups in total. The van der Waals surface area contributed by atoms with Crippen LogP contribution in [0.5, 0.6) is 0 Å². The number of thioether (sulfide) groups is 1. The normalized spacial score (nSPS) is 15.9. The molecule has 7 heteroatoms. The first kappa shape index (κ1) is 17.1. The molecular formula is C17H17F3N2OS. The van der Waals surface area contributed by atoms with Gasteiger partial charge in [-0.05, 0) is 36.6 Å². The SMILES string of the molecule is OC(CSc1ccc(C(F)(F)F)cn1)N1CCCc2ccccc21. The highest BCUT2D eigenvalue weighted by atomic mass is 32.2. The molecule has 1 unspecified atom stereocenters. The number of benzene rings is 1. The van der Waals surface area contributed by atoms with Crippen molar-refractivity contribution >= 4 is 17.4 Å². The van der Waals surface area contributed by atoms with Gasteiger partial charge in [0.1, 0.15) is 6.23 Å². The van der Waals surface area contributed by atoms with Gasteiger partial charge in [0, 0.05) is 24.2 Å². The number of nitrogens with zero attached hydrogens (tertiary/aromatic N) is 2. The Morgan fingerprint density at radius 2 is 2.00 bits per heavy atom. The Balaban J connectivity index is 1.63. The Morgan fingerprint density at radius 1 is 1.21 bits per heavy atom. The molecule has 0 fully saturated rings. The van der Waals surface area contributed by atoms with Crippen molar-refractivity contribution in [2.75, 3.05) is 17.2 Å². The largest absolute Gasteiger partial charge is 0.417 e. The van der Waals surface area contributed by atoms with Gasteiger partial charge in [0.15, 0.2) is 0 Å². The van der Waals surface area contributed by atoms with E-state index in [4.69, 9.17) is 0 Å². The van der Waals surface area contributed by atoms with E-state index in [-0.39, 0.29) is 0 Å². The van der Waals surface area contributed by atoms with Gasteiger partial charge in [0.25, 0.3) is 0 Å². The number of aliphatic hydroxyl groups excluding tert-OH is 1. The lowest BCUT2D eigenvalue weighted by atomic mass is 10.0. The second-order valence-corrected chi connectivity index (χ2v) is 6.64. The van der Waals surface area contributed by atoms with E-state index < -0.39 is 18.0 Å². The predicted octanol–water partition coefficient (Wildman–Crippen LogP) is 3.96. The number of aliphatic hydroxyl groups is 1. The summed E-state index contributed by atoms with van der Waals surface area (Å²) in [5.74, 6) is 0.340. The van der Waals surface area contributed by atoms with E-state index in [1.807, 2.05) is 23.1 Å². The number of aromatic nitrogens is 1. The summed E-state index contributed by atoms with van der Waals surface area (Å²) in [6, 6.07) is 10.3. The molecule has 1 aliphatic heterocycles. The van der Waals surface area contributed by atoms with E-state index in [1.165, 1.54) is 23.4 Å². The molecule has 1 atom stereocenters. The topological polar surface area (TPSA) is 36.4 Å². The van der Waals surface area contributed by atoms with E-state index >= 15 is 0 Å². The molecular weight excluding hydrogens is 337 g/mol. The van der Waals surface area contributed by atoms with Gasteiger partial charge in [-0.15, -0.1) is 11.8 Å². The Hall–Kier alpha value is -1.73. The fraction of sp³-hybridized carbons (Fsp3) is 0.353. The van der Waals surface area contributed by atoms with Crippen molar-refractivity contribution in [3.05, 3.63) is 53.7 Å². The van der Waals surface area contributed by atoms with Gasteiger partial charge >= 0.3 is 6.18 Å². The minimum atomic E-state index is -4.38. The van der Waals surface area contributed by atoms with Crippen molar-refractivity contribution in [1.82, 2.24) is 4.98 Å². The van der Waals surface area contributed by atoms with Crippen molar-refractivity contribution in [1.29, 1.82) is 0 Å². The van der Waals surface area contributed by atoms with Gasteiger partial charge in [-0.3, -0.25) is 0 Å². The molecule has 0 saturated carbocycles. The third-order valence-corrected chi connectivity index (χ3v) is 4.95. The number of pyridine rings is 1. The summed E-state index contributed by atoms with van der Waals surface area (Å²) >= 11 is 1.25. The molecule has 3 rings (SSSR count). The van der Waals surface area contributed by atoms with Crippen molar-refractivity contribution in [2.45, 2.75) is 30.3 Å². The number of aryl methyl sites for hydroxylation is 1. The first-order valence-electron chi connectivity index (χ1n) is 7.64. The van der Waals surface area contributed by atoms with Gasteiger partial charge in [0.2, 0.25) is 0 Å². The van der Waals surface area contributed by atoms with Crippen LogP contribution in [0.4, 0.5) is 18.9 Å². The molecule has 0 saturated heterocycles. The van der Waals surface area contributed by atoms with Crippen LogP contribution in [-0.4, -0.2) is 28.6 Å². The lowest BCUT2D eigenvalue weighted by molar-refractivity contribution is -0.137. The highest BCUT2D eigenvalue weighted by Gasteiger charge is 2.30. The second-order valence-electron chi connectivity index (χ2n) is 5.60. The third-order valence-electron chi connectivity index (χ3n) is 3.95. The first-order chi connectivity index (χ1) is 11.4. The Morgan fingerprint density at radius 3 is 2.71 bits per heavy atom. The molecule has 3 nitrogen and oxygen atoms in total. The van der Waals surface area contributed by atoms with Crippen LogP contribution in [0.25, 0.3) is 0 Å². The summed E-state index contributed by atoms with van der Waals surface area (Å²) in [6.07, 6.45) is -2.30. The average Bonchev–Trinajstić information content (AvgIpc) is 2.59. The zero-order valence-electron chi connectivity index (χ0n) is 12.8. The number of rotatable bonds is 4. The third kappa shape index (κ3) is 3.84. The van der Waals surface area contributed by atoms with Crippen molar-refractivity contribution in [2.24, 2.45) is 0 Å². The number of alkyl halides is 3. The van der Waals surface area contributed by atoms with Crippen LogP contribution in [0.3, 0.4) is 0 Å². The Kier molecular flexibility index (Phi) is 5.01. The molecule has 0 radical (unpaired) electrons. The zero-order valence-corrected chi connectivity index (χ0v) is 13.6. The van der Waals surface area contributed by atoms with E-state index in [0.29, 0.717) is 10.8 Å². The molecule has 1 aliphatic rings. The average molecular weight is 354 g/mol. The zero-order chi connectivity index (χ0) is 17.2. The fourth-order valence-electron chi connectivity index (χ4n) is 2.76. The van der Waals surface area contributed by atoms with Gasteiger partial charge in [0.05, 0.1) is 10.6 Å². The molecule has 128 valence electrons. The Bertz CT molecular complexity index is 691. The highest BCUT2D eigenvalue weighted by Crippen LogP contribution is 2.31. The van der Waals surface area contributed by atoms with E-state index in [2.05, 4.69) is 11.1 Å². The summed E-state index contributed by atoms with van der Waals surface area (Å²) in [6.45, 7) is 0.763. The fourth-order valence-corrected chi connectivity index (χ4v) is 3.55. The second kappa shape index (κ2) is 7.03. The molecule has 1 aromatic carbocycles. The number of fused-ring (bicyclic) bond motifs is 1. The summed E-state index contributed by atoms with van der Waals surface area (Å²) < 4.78 is 37.6. The van der Waals surface area contributed by atoms with Gasteiger partial charge in [-0.1, -0.05) is 18.2 Å². The van der Waals surface area contributed by atoms with Crippen LogP contribution in [-0.2, 0) is 12.6 Å². The lowest BCUT2D eigenvalue weighted by Gasteiger charge is -2.35. The van der Waals surface area contributed by atoms with Gasteiger partial charge < -0.3 is 10.0 Å². The molecule has 0 spiro atoms. The number of halogens is 3. The van der Waals surface area contributed by atoms with Crippen LogP contribution >= 0.6 is 11.8 Å². The minimum absolute atomic E-state index is 0.340. The quantitative estimate of drug-likeness (QED) is 0.843. The first-order valence-corrected chi connectivity index (χ1v) is 8.62. The molecule has 1 aromatic heterocycles. The molecule has 24 heavy (non-hydrogen) atoms. The van der Waals surface area contributed by atoms with Crippen molar-refractivity contribution in [3.8, 4) is 0 Å². The van der Waals surface area contributed by atoms with E-state index in [1.54, 1.807) is 0 Å². The standard InChI is InChI=1S/C17H17F3N2OS/c18-17(19,20)13-7-8-15(21-10-13)24-11-16(23)22-9-3-5-12-4-1-2-6-14(12)22/h1-2,4,6-8,10,16,23H,3,5,9,11H2. The van der Waals surface area contributed by atoms with Gasteiger partial charge in [-0.2, -0.15) is 13.2 Å². The summed E-state index contributed by atoms with van der Waals surface area (Å²) in [4.78, 5) is 5.76. The minimum Gasteiger partial charge on any atom is -0.373 e. The summed E-state index contributed by atoms with van der Waals surface area (Å²) in [5, 5.41) is 10.9. The molecule has 0 amide bonds. The van der Waals surface area contributed by atoms with E-state index in [9.17, 15) is 18.3 Å². The molecule has 2 aromatic rings. The number of anilines is 1. The molecule has 2 heterocycles. The van der Waals surface area contributed by atoms with Crippen LogP contribution in [0.2, 0.25) is 0 Å². The maximum Gasteiger partial charge on any atom is 0.417 e. The Labute approximate surface area is 142 Å². The summed E-state index contributed by atoms with van der Waals surface area (Å²) in [5.41, 5.74) is 1.47. The smallest absolute Gasteiger partial charge is 0.373 e. The van der Waals surface area contributed by atoms with Crippen LogP contribution in [0.1, 0.15) is 17.5 Å². The number of hydrogen-bond acceptors (Lipinski definition) is 4. The monoisotopic (exact) mass is 354 g/mol. The van der Waals surface area contributed by atoms with Crippen molar-refractivity contribution in [3.63, 3.8) is 0 Å². The summed E-state index contributed by atoms with van der Waals surface area (Å²) in [7, 11) is 0. The maximum atomic E-state index is 12.5. The van der Waals surface area contributed by atoms with Gasteiger partial charge in [-0.25, -0.2) is 4.98 Å².